The summed E-state index contributed by atoms with van der Waals surface area (Å²) in [6.45, 7) is 6.82. The molecule has 0 bridgehead atoms. The van der Waals surface area contributed by atoms with Crippen molar-refractivity contribution in [1.82, 2.24) is 4.90 Å². The molecule has 0 aliphatic carbocycles. The van der Waals surface area contributed by atoms with Gasteiger partial charge in [0.15, 0.2) is 0 Å². The molecule has 2 rings (SSSR count). The van der Waals surface area contributed by atoms with E-state index in [0.717, 1.165) is 24.2 Å². The van der Waals surface area contributed by atoms with Crippen LogP contribution in [0.3, 0.4) is 0 Å². The third-order valence-corrected chi connectivity index (χ3v) is 3.36. The van der Waals surface area contributed by atoms with Gasteiger partial charge in [-0.05, 0) is 19.9 Å². The molecule has 4 heteroatoms. The van der Waals surface area contributed by atoms with Crippen LogP contribution in [-0.4, -0.2) is 36.7 Å². The molecule has 1 aromatic carbocycles. The zero-order chi connectivity index (χ0) is 13.1. The lowest BCUT2D eigenvalue weighted by atomic mass is 10.1. The minimum atomic E-state index is -0.135. The first-order valence-electron chi connectivity index (χ1n) is 6.41. The predicted molar refractivity (Wildman–Crippen MR) is 69.8 cm³/mol. The van der Waals surface area contributed by atoms with Crippen LogP contribution >= 0.6 is 0 Å². The number of rotatable bonds is 3. The molecule has 2 N–H and O–H groups in total. The number of hydrogen-bond acceptors (Lipinski definition) is 3. The Balaban J connectivity index is 2.02. The molecule has 18 heavy (non-hydrogen) atoms. The van der Waals surface area contributed by atoms with Crippen LogP contribution in [0.15, 0.2) is 18.2 Å². The summed E-state index contributed by atoms with van der Waals surface area (Å²) >= 11 is 0. The molecule has 1 aliphatic heterocycles. The molecule has 1 aromatic rings. The minimum absolute atomic E-state index is 0.00940. The number of hydrogen-bond donors (Lipinski definition) is 1. The van der Waals surface area contributed by atoms with E-state index in [1.807, 2.05) is 19.9 Å². The molecule has 1 heterocycles. The molecule has 0 aromatic heterocycles. The van der Waals surface area contributed by atoms with E-state index in [2.05, 4.69) is 4.90 Å². The molecule has 1 saturated heterocycles. The number of aryl methyl sites for hydroxylation is 1. The molecule has 0 amide bonds. The Kier molecular flexibility index (Phi) is 4.32. The maximum Gasteiger partial charge on any atom is 0.127 e. The summed E-state index contributed by atoms with van der Waals surface area (Å²) in [5, 5.41) is 0. The first-order valence-corrected chi connectivity index (χ1v) is 6.41. The summed E-state index contributed by atoms with van der Waals surface area (Å²) in [6.07, 6.45) is 0.0478. The molecule has 0 radical (unpaired) electrons. The predicted octanol–water partition coefficient (Wildman–Crippen LogP) is 1.68. The van der Waals surface area contributed by atoms with E-state index in [9.17, 15) is 4.39 Å². The number of benzene rings is 1. The Morgan fingerprint density at radius 2 is 2.33 bits per heavy atom. The minimum Gasteiger partial charge on any atom is -0.374 e. The number of halogens is 1. The monoisotopic (exact) mass is 252 g/mol. The van der Waals surface area contributed by atoms with Gasteiger partial charge in [0.2, 0.25) is 0 Å². The van der Waals surface area contributed by atoms with E-state index in [1.165, 1.54) is 6.07 Å². The van der Waals surface area contributed by atoms with Crippen LogP contribution in [-0.2, 0) is 11.3 Å². The summed E-state index contributed by atoms with van der Waals surface area (Å²) < 4.78 is 19.3. The van der Waals surface area contributed by atoms with Crippen molar-refractivity contribution in [2.75, 3.05) is 19.7 Å². The largest absolute Gasteiger partial charge is 0.374 e. The first kappa shape index (κ1) is 13.5. The first-order chi connectivity index (χ1) is 8.56. The SMILES string of the molecule is Cc1ccc(F)c(CN2CCOC(C(C)N)C2)c1. The van der Waals surface area contributed by atoms with Crippen LogP contribution in [0, 0.1) is 12.7 Å². The van der Waals surface area contributed by atoms with Crippen LogP contribution in [0.25, 0.3) is 0 Å². The Hall–Kier alpha value is -0.970. The molecular formula is C14H21FN2O. The Labute approximate surface area is 108 Å². The van der Waals surface area contributed by atoms with Crippen molar-refractivity contribution < 1.29 is 9.13 Å². The van der Waals surface area contributed by atoms with Crippen molar-refractivity contribution in [3.63, 3.8) is 0 Å². The van der Waals surface area contributed by atoms with Crippen LogP contribution in [0.2, 0.25) is 0 Å². The Bertz CT molecular complexity index is 409. The van der Waals surface area contributed by atoms with Gasteiger partial charge in [0.1, 0.15) is 5.82 Å². The number of ether oxygens (including phenoxy) is 1. The lowest BCUT2D eigenvalue weighted by Crippen LogP contribution is -2.49. The smallest absolute Gasteiger partial charge is 0.127 e. The molecule has 100 valence electrons. The van der Waals surface area contributed by atoms with E-state index in [1.54, 1.807) is 6.07 Å². The summed E-state index contributed by atoms with van der Waals surface area (Å²) in [4.78, 5) is 2.20. The number of nitrogens with two attached hydrogens (primary N) is 1. The molecule has 1 aliphatic rings. The summed E-state index contributed by atoms with van der Waals surface area (Å²) in [6, 6.07) is 5.25. The summed E-state index contributed by atoms with van der Waals surface area (Å²) in [5.74, 6) is -0.135. The quantitative estimate of drug-likeness (QED) is 0.889. The van der Waals surface area contributed by atoms with Crippen molar-refractivity contribution in [1.29, 1.82) is 0 Å². The Morgan fingerprint density at radius 3 is 3.06 bits per heavy atom. The fourth-order valence-electron chi connectivity index (χ4n) is 2.26. The van der Waals surface area contributed by atoms with Gasteiger partial charge in [-0.25, -0.2) is 4.39 Å². The lowest BCUT2D eigenvalue weighted by Gasteiger charge is -2.34. The second-order valence-electron chi connectivity index (χ2n) is 5.10. The fraction of sp³-hybridized carbons (Fsp3) is 0.571. The van der Waals surface area contributed by atoms with Crippen LogP contribution < -0.4 is 5.73 Å². The van der Waals surface area contributed by atoms with Gasteiger partial charge in [-0.1, -0.05) is 17.7 Å². The van der Waals surface area contributed by atoms with Gasteiger partial charge in [0.25, 0.3) is 0 Å². The highest BCUT2D eigenvalue weighted by molar-refractivity contribution is 5.24. The fourth-order valence-corrected chi connectivity index (χ4v) is 2.26. The molecule has 2 unspecified atom stereocenters. The normalized spacial score (nSPS) is 23.0. The maximum atomic E-state index is 13.7. The van der Waals surface area contributed by atoms with Gasteiger partial charge < -0.3 is 10.5 Å². The maximum absolute atomic E-state index is 13.7. The second kappa shape index (κ2) is 5.78. The third-order valence-electron chi connectivity index (χ3n) is 3.36. The van der Waals surface area contributed by atoms with Crippen molar-refractivity contribution in [3.8, 4) is 0 Å². The van der Waals surface area contributed by atoms with Crippen LogP contribution in [0.4, 0.5) is 4.39 Å². The zero-order valence-electron chi connectivity index (χ0n) is 11.0. The molecular weight excluding hydrogens is 231 g/mol. The topological polar surface area (TPSA) is 38.5 Å². The summed E-state index contributed by atoms with van der Waals surface area (Å²) in [5.41, 5.74) is 7.69. The van der Waals surface area contributed by atoms with Crippen molar-refractivity contribution in [2.24, 2.45) is 5.73 Å². The van der Waals surface area contributed by atoms with Crippen molar-refractivity contribution >= 4 is 0 Å². The highest BCUT2D eigenvalue weighted by atomic mass is 19.1. The van der Waals surface area contributed by atoms with E-state index in [0.29, 0.717) is 13.2 Å². The lowest BCUT2D eigenvalue weighted by molar-refractivity contribution is -0.0406. The van der Waals surface area contributed by atoms with Gasteiger partial charge in [-0.15, -0.1) is 0 Å². The van der Waals surface area contributed by atoms with Gasteiger partial charge in [0, 0.05) is 31.2 Å². The van der Waals surface area contributed by atoms with Gasteiger partial charge in [0.05, 0.1) is 12.7 Å². The van der Waals surface area contributed by atoms with E-state index in [-0.39, 0.29) is 18.0 Å². The molecule has 0 spiro atoms. The van der Waals surface area contributed by atoms with Gasteiger partial charge in [-0.2, -0.15) is 0 Å². The highest BCUT2D eigenvalue weighted by Crippen LogP contribution is 2.15. The third kappa shape index (κ3) is 3.28. The molecule has 0 saturated carbocycles. The number of morpholine rings is 1. The summed E-state index contributed by atoms with van der Waals surface area (Å²) in [7, 11) is 0. The van der Waals surface area contributed by atoms with E-state index >= 15 is 0 Å². The molecule has 2 atom stereocenters. The zero-order valence-corrected chi connectivity index (χ0v) is 11.0. The van der Waals surface area contributed by atoms with Crippen LogP contribution in [0.1, 0.15) is 18.1 Å². The average Bonchev–Trinajstić information content (AvgIpc) is 2.34. The van der Waals surface area contributed by atoms with E-state index < -0.39 is 0 Å². The number of nitrogens with zero attached hydrogens (tertiary/aromatic N) is 1. The second-order valence-corrected chi connectivity index (χ2v) is 5.10. The van der Waals surface area contributed by atoms with Crippen molar-refractivity contribution in [2.45, 2.75) is 32.5 Å². The standard InChI is InChI=1S/C14H21FN2O/c1-10-3-4-13(15)12(7-10)8-17-5-6-18-14(9-17)11(2)16/h3-4,7,11,14H,5-6,8-9,16H2,1-2H3. The molecule has 3 nitrogen and oxygen atoms in total. The Morgan fingerprint density at radius 1 is 1.56 bits per heavy atom. The van der Waals surface area contributed by atoms with Crippen molar-refractivity contribution in [3.05, 3.63) is 35.1 Å². The van der Waals surface area contributed by atoms with E-state index in [4.69, 9.17) is 10.5 Å². The van der Waals surface area contributed by atoms with Gasteiger partial charge in [-0.3, -0.25) is 4.90 Å². The average molecular weight is 252 g/mol. The highest BCUT2D eigenvalue weighted by Gasteiger charge is 2.23. The molecule has 1 fully saturated rings. The van der Waals surface area contributed by atoms with Gasteiger partial charge >= 0.3 is 0 Å². The van der Waals surface area contributed by atoms with Crippen LogP contribution in [0.5, 0.6) is 0 Å².